The van der Waals surface area contributed by atoms with Crippen LogP contribution in [0.1, 0.15) is 38.5 Å². The van der Waals surface area contributed by atoms with Crippen molar-refractivity contribution in [2.75, 3.05) is 24.7 Å². The SMILES string of the molecule is NNC(C1CCOC2(CCCC2)C1)C1CSCCO1. The maximum Gasteiger partial charge on any atom is 0.0834 e. The minimum atomic E-state index is 0.166. The van der Waals surface area contributed by atoms with Crippen LogP contribution in [0.25, 0.3) is 0 Å². The van der Waals surface area contributed by atoms with Gasteiger partial charge in [0, 0.05) is 18.1 Å². The lowest BCUT2D eigenvalue weighted by Gasteiger charge is -2.43. The van der Waals surface area contributed by atoms with Crippen LogP contribution in [0.2, 0.25) is 0 Å². The molecule has 3 unspecified atom stereocenters. The average molecular weight is 286 g/mol. The van der Waals surface area contributed by atoms with E-state index in [1.165, 1.54) is 25.7 Å². The Morgan fingerprint density at radius 2 is 2.11 bits per heavy atom. The van der Waals surface area contributed by atoms with Crippen LogP contribution in [0.3, 0.4) is 0 Å². The van der Waals surface area contributed by atoms with E-state index in [0.717, 1.165) is 37.6 Å². The molecule has 1 saturated carbocycles. The summed E-state index contributed by atoms with van der Waals surface area (Å²) in [6.45, 7) is 1.75. The molecule has 2 saturated heterocycles. The van der Waals surface area contributed by atoms with E-state index in [4.69, 9.17) is 15.3 Å². The molecule has 4 nitrogen and oxygen atoms in total. The maximum absolute atomic E-state index is 6.12. The van der Waals surface area contributed by atoms with E-state index in [1.807, 2.05) is 11.8 Å². The number of thioether (sulfide) groups is 1. The van der Waals surface area contributed by atoms with Gasteiger partial charge in [-0.15, -0.1) is 0 Å². The average Bonchev–Trinajstić information content (AvgIpc) is 2.89. The van der Waals surface area contributed by atoms with Gasteiger partial charge < -0.3 is 9.47 Å². The molecule has 0 aromatic heterocycles. The molecule has 110 valence electrons. The molecule has 3 atom stereocenters. The van der Waals surface area contributed by atoms with E-state index in [9.17, 15) is 0 Å². The normalized spacial score (nSPS) is 36.5. The third-order valence-electron chi connectivity index (χ3n) is 4.99. The van der Waals surface area contributed by atoms with Crippen molar-refractivity contribution in [2.24, 2.45) is 11.8 Å². The lowest BCUT2D eigenvalue weighted by Crippen LogP contribution is -2.55. The Morgan fingerprint density at radius 3 is 2.79 bits per heavy atom. The van der Waals surface area contributed by atoms with Crippen molar-refractivity contribution < 1.29 is 9.47 Å². The number of hydrogen-bond acceptors (Lipinski definition) is 5. The van der Waals surface area contributed by atoms with Crippen molar-refractivity contribution in [3.8, 4) is 0 Å². The zero-order valence-electron chi connectivity index (χ0n) is 11.6. The van der Waals surface area contributed by atoms with Gasteiger partial charge in [0.15, 0.2) is 0 Å². The van der Waals surface area contributed by atoms with Crippen molar-refractivity contribution in [1.82, 2.24) is 5.43 Å². The first-order chi connectivity index (χ1) is 9.33. The molecule has 2 aliphatic heterocycles. The van der Waals surface area contributed by atoms with Gasteiger partial charge in [0.1, 0.15) is 0 Å². The van der Waals surface area contributed by atoms with Crippen LogP contribution < -0.4 is 11.3 Å². The van der Waals surface area contributed by atoms with Gasteiger partial charge in [0.05, 0.1) is 24.4 Å². The minimum Gasteiger partial charge on any atom is -0.375 e. The summed E-state index contributed by atoms with van der Waals surface area (Å²) in [5.74, 6) is 8.62. The highest BCUT2D eigenvalue weighted by Crippen LogP contribution is 2.43. The first kappa shape index (κ1) is 14.1. The van der Waals surface area contributed by atoms with E-state index in [1.54, 1.807) is 0 Å². The third kappa shape index (κ3) is 3.10. The second-order valence-electron chi connectivity index (χ2n) is 6.17. The molecule has 5 heteroatoms. The molecule has 0 amide bonds. The van der Waals surface area contributed by atoms with Crippen molar-refractivity contribution in [3.05, 3.63) is 0 Å². The minimum absolute atomic E-state index is 0.166. The first-order valence-corrected chi connectivity index (χ1v) is 8.78. The Morgan fingerprint density at radius 1 is 1.26 bits per heavy atom. The quantitative estimate of drug-likeness (QED) is 0.611. The molecular formula is C14H26N2O2S. The van der Waals surface area contributed by atoms with Crippen LogP contribution >= 0.6 is 11.8 Å². The molecule has 1 aliphatic carbocycles. The summed E-state index contributed by atoms with van der Waals surface area (Å²) in [6, 6.07) is 0.286. The topological polar surface area (TPSA) is 56.5 Å². The number of ether oxygens (including phenoxy) is 2. The molecule has 3 fully saturated rings. The van der Waals surface area contributed by atoms with Gasteiger partial charge in [-0.25, -0.2) is 0 Å². The summed E-state index contributed by atoms with van der Waals surface area (Å²) < 4.78 is 12.1. The van der Waals surface area contributed by atoms with Crippen molar-refractivity contribution in [3.63, 3.8) is 0 Å². The van der Waals surface area contributed by atoms with Crippen LogP contribution in [-0.2, 0) is 9.47 Å². The predicted molar refractivity (Wildman–Crippen MR) is 78.1 cm³/mol. The first-order valence-electron chi connectivity index (χ1n) is 7.62. The molecule has 3 rings (SSSR count). The largest absolute Gasteiger partial charge is 0.375 e. The fourth-order valence-corrected chi connectivity index (χ4v) is 4.92. The molecule has 2 heterocycles. The molecule has 0 aromatic rings. The molecule has 0 bridgehead atoms. The fraction of sp³-hybridized carbons (Fsp3) is 1.00. The zero-order valence-corrected chi connectivity index (χ0v) is 12.4. The van der Waals surface area contributed by atoms with Crippen LogP contribution in [0.4, 0.5) is 0 Å². The Hall–Kier alpha value is 0.190. The zero-order chi connectivity index (χ0) is 13.1. The van der Waals surface area contributed by atoms with Gasteiger partial charge in [0.25, 0.3) is 0 Å². The summed E-state index contributed by atoms with van der Waals surface area (Å²) in [6.07, 6.45) is 7.66. The van der Waals surface area contributed by atoms with Gasteiger partial charge in [-0.2, -0.15) is 11.8 Å². The van der Waals surface area contributed by atoms with E-state index in [0.29, 0.717) is 5.92 Å². The molecule has 0 aromatic carbocycles. The summed E-state index contributed by atoms with van der Waals surface area (Å²) in [5, 5.41) is 0. The number of rotatable bonds is 3. The highest BCUT2D eigenvalue weighted by Gasteiger charge is 2.43. The highest BCUT2D eigenvalue weighted by atomic mass is 32.2. The Labute approximate surface area is 120 Å². The molecule has 3 aliphatic rings. The van der Waals surface area contributed by atoms with Crippen LogP contribution in [-0.4, -0.2) is 42.5 Å². The Balaban J connectivity index is 1.64. The number of hydrogen-bond donors (Lipinski definition) is 2. The standard InChI is InChI=1S/C14H26N2O2S/c15-16-13(12-10-19-8-7-17-12)11-3-6-18-14(9-11)4-1-2-5-14/h11-13,16H,1-10,15H2. The summed E-state index contributed by atoms with van der Waals surface area (Å²) in [4.78, 5) is 0. The summed E-state index contributed by atoms with van der Waals surface area (Å²) >= 11 is 1.98. The smallest absolute Gasteiger partial charge is 0.0834 e. The number of nitrogens with two attached hydrogens (primary N) is 1. The molecule has 19 heavy (non-hydrogen) atoms. The Kier molecular flexibility index (Phi) is 4.70. The van der Waals surface area contributed by atoms with Crippen LogP contribution in [0.5, 0.6) is 0 Å². The van der Waals surface area contributed by atoms with Crippen molar-refractivity contribution >= 4 is 11.8 Å². The number of nitrogens with one attached hydrogen (secondary N) is 1. The Bertz CT molecular complexity index is 291. The lowest BCUT2D eigenvalue weighted by molar-refractivity contribution is -0.107. The molecule has 0 radical (unpaired) electrons. The second-order valence-corrected chi connectivity index (χ2v) is 7.32. The number of hydrazine groups is 1. The van der Waals surface area contributed by atoms with E-state index < -0.39 is 0 Å². The van der Waals surface area contributed by atoms with Crippen molar-refractivity contribution in [2.45, 2.75) is 56.3 Å². The summed E-state index contributed by atoms with van der Waals surface area (Å²) in [5.41, 5.74) is 3.22. The van der Waals surface area contributed by atoms with Gasteiger partial charge in [0.2, 0.25) is 0 Å². The van der Waals surface area contributed by atoms with Gasteiger partial charge in [-0.1, -0.05) is 12.8 Å². The molecule has 1 spiro atoms. The second kappa shape index (κ2) is 6.31. The van der Waals surface area contributed by atoms with Gasteiger partial charge >= 0.3 is 0 Å². The van der Waals surface area contributed by atoms with E-state index in [-0.39, 0.29) is 17.7 Å². The van der Waals surface area contributed by atoms with E-state index >= 15 is 0 Å². The predicted octanol–water partition coefficient (Wildman–Crippen LogP) is 1.69. The lowest BCUT2D eigenvalue weighted by atomic mass is 9.79. The fourth-order valence-electron chi connectivity index (χ4n) is 4.00. The van der Waals surface area contributed by atoms with Crippen molar-refractivity contribution in [1.29, 1.82) is 0 Å². The summed E-state index contributed by atoms with van der Waals surface area (Å²) in [7, 11) is 0. The van der Waals surface area contributed by atoms with Crippen LogP contribution in [0.15, 0.2) is 0 Å². The van der Waals surface area contributed by atoms with E-state index in [2.05, 4.69) is 5.43 Å². The molecule has 3 N–H and O–H groups in total. The van der Waals surface area contributed by atoms with Gasteiger partial charge in [-0.3, -0.25) is 11.3 Å². The van der Waals surface area contributed by atoms with Crippen LogP contribution in [0, 0.1) is 5.92 Å². The highest BCUT2D eigenvalue weighted by molar-refractivity contribution is 7.99. The maximum atomic E-state index is 6.12. The molecular weight excluding hydrogens is 260 g/mol. The third-order valence-corrected chi connectivity index (χ3v) is 6.01. The monoisotopic (exact) mass is 286 g/mol. The van der Waals surface area contributed by atoms with Gasteiger partial charge in [-0.05, 0) is 31.6 Å².